The smallest absolute Gasteiger partial charge is 0.342 e. The second-order valence-electron chi connectivity index (χ2n) is 7.19. The Kier molecular flexibility index (Phi) is 7.01. The van der Waals surface area contributed by atoms with E-state index in [1.54, 1.807) is 10.9 Å². The molecule has 6 nitrogen and oxygen atoms in total. The number of amides is 1. The van der Waals surface area contributed by atoms with Gasteiger partial charge in [0.15, 0.2) is 6.61 Å². The van der Waals surface area contributed by atoms with E-state index < -0.39 is 5.97 Å². The molecule has 0 aliphatic rings. The molecule has 0 radical (unpaired) electrons. The molecule has 3 rings (SSSR count). The minimum absolute atomic E-state index is 0.0835. The van der Waals surface area contributed by atoms with Crippen LogP contribution >= 0.6 is 0 Å². The molecule has 3 aromatic rings. The van der Waals surface area contributed by atoms with Crippen LogP contribution in [0.5, 0.6) is 0 Å². The fourth-order valence-electron chi connectivity index (χ4n) is 3.13. The van der Waals surface area contributed by atoms with E-state index in [-0.39, 0.29) is 18.6 Å². The van der Waals surface area contributed by atoms with Crippen molar-refractivity contribution in [1.29, 1.82) is 0 Å². The number of carbonyl (C=O) groups excluding carboxylic acids is 2. The van der Waals surface area contributed by atoms with Crippen LogP contribution in [0.2, 0.25) is 0 Å². The Hall–Kier alpha value is -3.41. The zero-order chi connectivity index (χ0) is 21.5. The molecular weight excluding hydrogens is 378 g/mol. The summed E-state index contributed by atoms with van der Waals surface area (Å²) in [6.07, 6.45) is 3.31. The lowest BCUT2D eigenvalue weighted by molar-refractivity contribution is -0.125. The van der Waals surface area contributed by atoms with Crippen LogP contribution in [0.1, 0.15) is 42.6 Å². The molecule has 0 atom stereocenters. The summed E-state index contributed by atoms with van der Waals surface area (Å²) in [5.41, 5.74) is 3.59. The van der Waals surface area contributed by atoms with Crippen molar-refractivity contribution in [2.24, 2.45) is 0 Å². The van der Waals surface area contributed by atoms with Gasteiger partial charge in [-0.2, -0.15) is 5.10 Å². The normalized spacial score (nSPS) is 10.8. The number of ether oxygens (including phenoxy) is 1. The van der Waals surface area contributed by atoms with E-state index in [9.17, 15) is 9.59 Å². The number of nitrogens with zero attached hydrogens (tertiary/aromatic N) is 2. The highest BCUT2D eigenvalue weighted by Crippen LogP contribution is 2.25. The van der Waals surface area contributed by atoms with Crippen molar-refractivity contribution >= 4 is 11.9 Å². The van der Waals surface area contributed by atoms with Crippen LogP contribution in [0, 0.1) is 6.92 Å². The maximum atomic E-state index is 12.8. The average molecular weight is 405 g/mol. The first-order valence-electron chi connectivity index (χ1n) is 10.2. The van der Waals surface area contributed by atoms with Gasteiger partial charge in [-0.3, -0.25) is 4.79 Å². The van der Waals surface area contributed by atoms with Crippen molar-refractivity contribution in [2.45, 2.75) is 39.7 Å². The van der Waals surface area contributed by atoms with Gasteiger partial charge in [-0.05, 0) is 31.9 Å². The van der Waals surface area contributed by atoms with Crippen molar-refractivity contribution < 1.29 is 14.3 Å². The van der Waals surface area contributed by atoms with Gasteiger partial charge < -0.3 is 10.1 Å². The number of hydrogen-bond acceptors (Lipinski definition) is 4. The zero-order valence-electron chi connectivity index (χ0n) is 17.6. The van der Waals surface area contributed by atoms with Crippen LogP contribution in [-0.2, 0) is 9.53 Å². The largest absolute Gasteiger partial charge is 0.452 e. The monoisotopic (exact) mass is 405 g/mol. The Morgan fingerprint density at radius 1 is 1.03 bits per heavy atom. The van der Waals surface area contributed by atoms with Crippen LogP contribution in [0.15, 0.2) is 60.8 Å². The van der Waals surface area contributed by atoms with Gasteiger partial charge in [0.1, 0.15) is 11.3 Å². The van der Waals surface area contributed by atoms with E-state index in [4.69, 9.17) is 4.74 Å². The molecular formula is C24H27N3O3. The highest BCUT2D eigenvalue weighted by atomic mass is 16.5. The van der Waals surface area contributed by atoms with Gasteiger partial charge >= 0.3 is 5.97 Å². The number of carbonyl (C=O) groups is 2. The Morgan fingerprint density at radius 3 is 2.33 bits per heavy atom. The first kappa shape index (κ1) is 21.3. The van der Waals surface area contributed by atoms with Gasteiger partial charge in [-0.25, -0.2) is 9.48 Å². The molecule has 0 saturated heterocycles. The molecule has 1 aromatic heterocycles. The predicted molar refractivity (Wildman–Crippen MR) is 117 cm³/mol. The van der Waals surface area contributed by atoms with Crippen molar-refractivity contribution in [3.63, 3.8) is 0 Å². The molecule has 0 aliphatic heterocycles. The standard InChI is InChI=1S/C24H27N3O3/c1-4-19(5-2)25-22(28)16-30-24(29)21-15-27(20-9-7-6-8-10-20)26-23(21)18-13-11-17(3)12-14-18/h6-15,19H,4-5,16H2,1-3H3,(H,25,28). The van der Waals surface area contributed by atoms with Crippen LogP contribution in [-0.4, -0.2) is 34.3 Å². The molecule has 0 unspecified atom stereocenters. The van der Waals surface area contributed by atoms with Crippen LogP contribution in [0.4, 0.5) is 0 Å². The summed E-state index contributed by atoms with van der Waals surface area (Å²) < 4.78 is 6.96. The molecule has 0 aliphatic carbocycles. The predicted octanol–water partition coefficient (Wildman–Crippen LogP) is 4.31. The van der Waals surface area contributed by atoms with Crippen molar-refractivity contribution in [3.8, 4) is 16.9 Å². The first-order chi connectivity index (χ1) is 14.5. The lowest BCUT2D eigenvalue weighted by Crippen LogP contribution is -2.36. The zero-order valence-corrected chi connectivity index (χ0v) is 17.6. The quantitative estimate of drug-likeness (QED) is 0.567. The van der Waals surface area contributed by atoms with E-state index in [0.717, 1.165) is 29.7 Å². The first-order valence-corrected chi connectivity index (χ1v) is 10.2. The Balaban J connectivity index is 1.84. The number of hydrogen-bond donors (Lipinski definition) is 1. The molecule has 6 heteroatoms. The van der Waals surface area contributed by atoms with Crippen LogP contribution in [0.3, 0.4) is 0 Å². The lowest BCUT2D eigenvalue weighted by Gasteiger charge is -2.14. The summed E-state index contributed by atoms with van der Waals surface area (Å²) >= 11 is 0. The second kappa shape index (κ2) is 9.87. The maximum absolute atomic E-state index is 12.8. The van der Waals surface area contributed by atoms with Gasteiger partial charge in [0.25, 0.3) is 5.91 Å². The van der Waals surface area contributed by atoms with Gasteiger partial charge in [0, 0.05) is 17.8 Å². The molecule has 0 saturated carbocycles. The third-order valence-electron chi connectivity index (χ3n) is 4.96. The van der Waals surface area contributed by atoms with Gasteiger partial charge in [-0.1, -0.05) is 61.9 Å². The number of nitrogens with one attached hydrogen (secondary N) is 1. The minimum Gasteiger partial charge on any atom is -0.452 e. The highest BCUT2D eigenvalue weighted by molar-refractivity contribution is 5.97. The van der Waals surface area contributed by atoms with Gasteiger partial charge in [-0.15, -0.1) is 0 Å². The summed E-state index contributed by atoms with van der Waals surface area (Å²) in [5.74, 6) is -0.878. The molecule has 2 aromatic carbocycles. The number of aryl methyl sites for hydroxylation is 1. The Labute approximate surface area is 176 Å². The Morgan fingerprint density at radius 2 is 1.70 bits per heavy atom. The van der Waals surface area contributed by atoms with Gasteiger partial charge in [0.05, 0.1) is 5.69 Å². The van der Waals surface area contributed by atoms with Crippen molar-refractivity contribution in [3.05, 3.63) is 71.9 Å². The van der Waals surface area contributed by atoms with E-state index in [0.29, 0.717) is 11.3 Å². The fourth-order valence-corrected chi connectivity index (χ4v) is 3.13. The summed E-state index contributed by atoms with van der Waals surface area (Å²) in [4.78, 5) is 24.9. The lowest BCUT2D eigenvalue weighted by atomic mass is 10.1. The molecule has 156 valence electrons. The van der Waals surface area contributed by atoms with Crippen molar-refractivity contribution in [2.75, 3.05) is 6.61 Å². The third-order valence-corrected chi connectivity index (χ3v) is 4.96. The number of benzene rings is 2. The summed E-state index contributed by atoms with van der Waals surface area (Å²) in [5, 5.41) is 7.49. The average Bonchev–Trinajstić information content (AvgIpc) is 3.22. The molecule has 0 fully saturated rings. The highest BCUT2D eigenvalue weighted by Gasteiger charge is 2.21. The van der Waals surface area contributed by atoms with Gasteiger partial charge in [0.2, 0.25) is 0 Å². The summed E-state index contributed by atoms with van der Waals surface area (Å²) in [6, 6.07) is 17.4. The molecule has 30 heavy (non-hydrogen) atoms. The van der Waals surface area contributed by atoms with Crippen molar-refractivity contribution in [1.82, 2.24) is 15.1 Å². The molecule has 0 spiro atoms. The fraction of sp³-hybridized carbons (Fsp3) is 0.292. The maximum Gasteiger partial charge on any atom is 0.342 e. The molecule has 0 bridgehead atoms. The number of esters is 1. The number of para-hydroxylation sites is 1. The van der Waals surface area contributed by atoms with Crippen LogP contribution in [0.25, 0.3) is 16.9 Å². The number of aromatic nitrogens is 2. The molecule has 1 amide bonds. The van der Waals surface area contributed by atoms with Crippen LogP contribution < -0.4 is 5.32 Å². The Bertz CT molecular complexity index is 990. The molecule has 1 N–H and O–H groups in total. The van der Waals surface area contributed by atoms with E-state index in [1.807, 2.05) is 75.4 Å². The summed E-state index contributed by atoms with van der Waals surface area (Å²) in [7, 11) is 0. The topological polar surface area (TPSA) is 73.2 Å². The van der Waals surface area contributed by atoms with E-state index in [1.165, 1.54) is 0 Å². The van der Waals surface area contributed by atoms with E-state index >= 15 is 0 Å². The number of rotatable bonds is 8. The third kappa shape index (κ3) is 5.14. The summed E-state index contributed by atoms with van der Waals surface area (Å²) in [6.45, 7) is 5.69. The molecule has 1 heterocycles. The second-order valence-corrected chi connectivity index (χ2v) is 7.19. The minimum atomic E-state index is -0.576. The SMILES string of the molecule is CCC(CC)NC(=O)COC(=O)c1cn(-c2ccccc2)nc1-c1ccc(C)cc1. The van der Waals surface area contributed by atoms with E-state index in [2.05, 4.69) is 10.4 Å².